The van der Waals surface area contributed by atoms with E-state index in [1.807, 2.05) is 0 Å². The van der Waals surface area contributed by atoms with Crippen LogP contribution in [0.3, 0.4) is 0 Å². The van der Waals surface area contributed by atoms with E-state index >= 15 is 0 Å². The second kappa shape index (κ2) is 5.26. The molecule has 0 saturated carbocycles. The number of hydrogen-bond acceptors (Lipinski definition) is 5. The van der Waals surface area contributed by atoms with E-state index in [0.29, 0.717) is 11.9 Å². The maximum absolute atomic E-state index is 12.2. The zero-order chi connectivity index (χ0) is 14.9. The number of benzene rings is 1. The van der Waals surface area contributed by atoms with Crippen molar-refractivity contribution in [2.75, 3.05) is 6.54 Å². The Kier molecular flexibility index (Phi) is 3.43. The fraction of sp³-hybridized carbons (Fsp3) is 0.250. The van der Waals surface area contributed by atoms with Crippen LogP contribution in [0.1, 0.15) is 5.82 Å². The summed E-state index contributed by atoms with van der Waals surface area (Å²) in [4.78, 5) is 11.2. The van der Waals surface area contributed by atoms with Crippen molar-refractivity contribution >= 4 is 21.1 Å². The van der Waals surface area contributed by atoms with Gasteiger partial charge in [-0.2, -0.15) is 5.10 Å². The monoisotopic (exact) mass is 306 g/mol. The fourth-order valence-electron chi connectivity index (χ4n) is 2.01. The first-order chi connectivity index (χ1) is 10.1. The Morgan fingerprint density at radius 2 is 2.19 bits per heavy atom. The molecule has 0 amide bonds. The summed E-state index contributed by atoms with van der Waals surface area (Å²) in [5, 5.41) is 3.94. The molecule has 110 valence electrons. The molecule has 0 aliphatic heterocycles. The molecule has 0 saturated heterocycles. The van der Waals surface area contributed by atoms with Crippen LogP contribution in [0.4, 0.5) is 0 Å². The topological polar surface area (TPSA) is 106 Å². The van der Waals surface area contributed by atoms with Gasteiger partial charge in [0.1, 0.15) is 12.2 Å². The molecule has 3 aromatic rings. The van der Waals surface area contributed by atoms with Crippen molar-refractivity contribution in [3.8, 4) is 0 Å². The minimum atomic E-state index is -3.55. The highest BCUT2D eigenvalue weighted by Crippen LogP contribution is 2.15. The average Bonchev–Trinajstić information content (AvgIpc) is 3.07. The summed E-state index contributed by atoms with van der Waals surface area (Å²) >= 11 is 0. The van der Waals surface area contributed by atoms with Crippen LogP contribution < -0.4 is 4.72 Å². The molecule has 0 aliphatic rings. The normalized spacial score (nSPS) is 12.0. The first-order valence-electron chi connectivity index (χ1n) is 6.32. The largest absolute Gasteiger partial charge is 0.345 e. The van der Waals surface area contributed by atoms with Gasteiger partial charge in [-0.05, 0) is 18.2 Å². The number of nitrogens with one attached hydrogen (secondary N) is 2. The molecule has 8 nitrogen and oxygen atoms in total. The Morgan fingerprint density at radius 3 is 2.95 bits per heavy atom. The zero-order valence-corrected chi connectivity index (χ0v) is 12.1. The average molecular weight is 306 g/mol. The molecule has 1 aromatic carbocycles. The van der Waals surface area contributed by atoms with Crippen molar-refractivity contribution in [1.82, 2.24) is 29.5 Å². The van der Waals surface area contributed by atoms with E-state index in [2.05, 4.69) is 24.8 Å². The Morgan fingerprint density at radius 1 is 1.33 bits per heavy atom. The Labute approximate surface area is 121 Å². The van der Waals surface area contributed by atoms with Crippen LogP contribution in [0.25, 0.3) is 11.0 Å². The number of aromatic nitrogens is 5. The second-order valence-corrected chi connectivity index (χ2v) is 6.30. The van der Waals surface area contributed by atoms with Gasteiger partial charge in [0.05, 0.1) is 22.3 Å². The van der Waals surface area contributed by atoms with E-state index in [9.17, 15) is 8.42 Å². The van der Waals surface area contributed by atoms with Crippen molar-refractivity contribution in [3.63, 3.8) is 0 Å². The van der Waals surface area contributed by atoms with E-state index in [1.165, 1.54) is 18.7 Å². The maximum atomic E-state index is 12.2. The lowest BCUT2D eigenvalue weighted by atomic mass is 10.3. The van der Waals surface area contributed by atoms with Gasteiger partial charge in [-0.15, -0.1) is 0 Å². The van der Waals surface area contributed by atoms with Crippen LogP contribution in [-0.4, -0.2) is 39.7 Å². The van der Waals surface area contributed by atoms with Crippen molar-refractivity contribution in [3.05, 3.63) is 36.7 Å². The summed E-state index contributed by atoms with van der Waals surface area (Å²) in [5.41, 5.74) is 1.42. The number of hydrogen-bond donors (Lipinski definition) is 2. The van der Waals surface area contributed by atoms with Gasteiger partial charge in [0, 0.05) is 20.0 Å². The number of rotatable bonds is 5. The second-order valence-electron chi connectivity index (χ2n) is 4.53. The molecule has 0 spiro atoms. The fourth-order valence-corrected chi connectivity index (χ4v) is 3.07. The van der Waals surface area contributed by atoms with Gasteiger partial charge in [0.25, 0.3) is 0 Å². The molecule has 0 bridgehead atoms. The summed E-state index contributed by atoms with van der Waals surface area (Å²) in [6, 6.07) is 4.77. The number of imidazole rings is 1. The van der Waals surface area contributed by atoms with Gasteiger partial charge in [0.15, 0.2) is 0 Å². The standard InChI is InChI=1S/C12H14N6O2S/c1-18-12(15-8-16-18)4-5-17-21(19,20)9-2-3-10-11(6-9)14-7-13-10/h2-3,6-8,17H,4-5H2,1H3,(H,13,14). The number of nitrogens with zero attached hydrogens (tertiary/aromatic N) is 4. The number of fused-ring (bicyclic) bond motifs is 1. The molecule has 0 radical (unpaired) electrons. The van der Waals surface area contributed by atoms with Crippen LogP contribution in [0.2, 0.25) is 0 Å². The van der Waals surface area contributed by atoms with E-state index in [-0.39, 0.29) is 11.4 Å². The Hall–Kier alpha value is -2.26. The van der Waals surface area contributed by atoms with Crippen LogP contribution in [0.15, 0.2) is 35.7 Å². The van der Waals surface area contributed by atoms with Crippen LogP contribution in [0, 0.1) is 0 Å². The summed E-state index contributed by atoms with van der Waals surface area (Å²) in [6.45, 7) is 0.260. The third-order valence-corrected chi connectivity index (χ3v) is 4.61. The molecule has 3 rings (SSSR count). The van der Waals surface area contributed by atoms with Crippen LogP contribution in [0.5, 0.6) is 0 Å². The van der Waals surface area contributed by atoms with E-state index in [4.69, 9.17) is 0 Å². The van der Waals surface area contributed by atoms with Crippen LogP contribution in [-0.2, 0) is 23.5 Å². The maximum Gasteiger partial charge on any atom is 0.240 e. The van der Waals surface area contributed by atoms with Gasteiger partial charge in [0.2, 0.25) is 10.0 Å². The molecule has 2 heterocycles. The molecule has 21 heavy (non-hydrogen) atoms. The van der Waals surface area contributed by atoms with Crippen molar-refractivity contribution < 1.29 is 8.42 Å². The third kappa shape index (κ3) is 2.78. The van der Waals surface area contributed by atoms with Gasteiger partial charge >= 0.3 is 0 Å². The summed E-state index contributed by atoms with van der Waals surface area (Å²) < 4.78 is 28.6. The number of aryl methyl sites for hydroxylation is 1. The minimum absolute atomic E-state index is 0.206. The molecule has 0 unspecified atom stereocenters. The van der Waals surface area contributed by atoms with Gasteiger partial charge in [-0.25, -0.2) is 23.1 Å². The first-order valence-corrected chi connectivity index (χ1v) is 7.80. The zero-order valence-electron chi connectivity index (χ0n) is 11.3. The summed E-state index contributed by atoms with van der Waals surface area (Å²) in [5.74, 6) is 0.724. The summed E-state index contributed by atoms with van der Waals surface area (Å²) in [6.07, 6.45) is 3.45. The highest BCUT2D eigenvalue weighted by Gasteiger charge is 2.15. The predicted octanol–water partition coefficient (Wildman–Crippen LogP) is 0.212. The third-order valence-electron chi connectivity index (χ3n) is 3.15. The lowest BCUT2D eigenvalue weighted by molar-refractivity contribution is 0.579. The number of aromatic amines is 1. The highest BCUT2D eigenvalue weighted by molar-refractivity contribution is 7.89. The molecule has 0 atom stereocenters. The molecule has 2 N–H and O–H groups in total. The van der Waals surface area contributed by atoms with E-state index < -0.39 is 10.0 Å². The van der Waals surface area contributed by atoms with Gasteiger partial charge in [-0.1, -0.05) is 0 Å². The molecule has 2 aromatic heterocycles. The molecule has 9 heteroatoms. The number of sulfonamides is 1. The lowest BCUT2D eigenvalue weighted by Crippen LogP contribution is -2.26. The highest BCUT2D eigenvalue weighted by atomic mass is 32.2. The molecule has 0 fully saturated rings. The molecule has 0 aliphatic carbocycles. The lowest BCUT2D eigenvalue weighted by Gasteiger charge is -2.06. The van der Waals surface area contributed by atoms with Crippen molar-refractivity contribution in [2.45, 2.75) is 11.3 Å². The Bertz CT molecular complexity index is 867. The summed E-state index contributed by atoms with van der Waals surface area (Å²) in [7, 11) is -1.78. The predicted molar refractivity (Wildman–Crippen MR) is 76.0 cm³/mol. The van der Waals surface area contributed by atoms with Crippen LogP contribution >= 0.6 is 0 Å². The smallest absolute Gasteiger partial charge is 0.240 e. The van der Waals surface area contributed by atoms with Crippen molar-refractivity contribution in [1.29, 1.82) is 0 Å². The quantitative estimate of drug-likeness (QED) is 0.701. The molecular weight excluding hydrogens is 292 g/mol. The van der Waals surface area contributed by atoms with E-state index in [1.54, 1.807) is 23.9 Å². The Balaban J connectivity index is 1.72. The number of H-pyrrole nitrogens is 1. The van der Waals surface area contributed by atoms with Gasteiger partial charge < -0.3 is 4.98 Å². The van der Waals surface area contributed by atoms with Gasteiger partial charge in [-0.3, -0.25) is 4.68 Å². The van der Waals surface area contributed by atoms with Crippen molar-refractivity contribution in [2.24, 2.45) is 7.05 Å². The van der Waals surface area contributed by atoms with E-state index in [0.717, 1.165) is 11.3 Å². The SMILES string of the molecule is Cn1ncnc1CCNS(=O)(=O)c1ccc2nc[nH]c2c1. The minimum Gasteiger partial charge on any atom is -0.345 e. The first kappa shape index (κ1) is 13.7. The molecular formula is C12H14N6O2S.